The van der Waals surface area contributed by atoms with Gasteiger partial charge in [0, 0.05) is 5.56 Å². The van der Waals surface area contributed by atoms with Gasteiger partial charge in [0.1, 0.15) is 10.7 Å². The van der Waals surface area contributed by atoms with E-state index >= 15 is 0 Å². The number of benzene rings is 1. The number of aryl methyl sites for hydroxylation is 1. The first-order valence-electron chi connectivity index (χ1n) is 5.51. The van der Waals surface area contributed by atoms with Gasteiger partial charge in [-0.3, -0.25) is 0 Å². The molecule has 0 saturated heterocycles. The minimum Gasteiger partial charge on any atom is -0.389 e. The number of nitrogen functional groups attached to an aromatic ring is 1. The molecular formula is C13H13N3S. The van der Waals surface area contributed by atoms with E-state index in [4.69, 9.17) is 11.0 Å². The number of hydrogen-bond donors (Lipinski definition) is 1. The zero-order valence-corrected chi connectivity index (χ0v) is 10.4. The van der Waals surface area contributed by atoms with Crippen molar-refractivity contribution in [3.8, 4) is 17.3 Å². The highest BCUT2D eigenvalue weighted by atomic mass is 32.1. The van der Waals surface area contributed by atoms with E-state index in [0.717, 1.165) is 29.1 Å². The summed E-state index contributed by atoms with van der Waals surface area (Å²) in [6, 6.07) is 9.59. The van der Waals surface area contributed by atoms with Crippen LogP contribution in [0.4, 0.5) is 5.00 Å². The minimum atomic E-state index is 0.618. The van der Waals surface area contributed by atoms with Crippen molar-refractivity contribution >= 4 is 16.3 Å². The maximum Gasteiger partial charge on any atom is 0.114 e. The van der Waals surface area contributed by atoms with E-state index in [2.05, 4.69) is 18.0 Å². The van der Waals surface area contributed by atoms with Crippen molar-refractivity contribution in [1.82, 2.24) is 4.98 Å². The minimum absolute atomic E-state index is 0.618. The molecule has 0 saturated carbocycles. The standard InChI is InChI=1S/C13H13N3S/c1-2-5-11-16-12(13(15)17-11)10-7-4-3-6-9(10)8-14/h3-4,6-7H,2,5,15H2,1H3. The van der Waals surface area contributed by atoms with Crippen LogP contribution in [0.1, 0.15) is 23.9 Å². The molecule has 17 heavy (non-hydrogen) atoms. The third kappa shape index (κ3) is 2.29. The fourth-order valence-corrected chi connectivity index (χ4v) is 2.63. The number of hydrogen-bond acceptors (Lipinski definition) is 4. The molecule has 0 aliphatic heterocycles. The Labute approximate surface area is 105 Å². The first kappa shape index (κ1) is 11.6. The zero-order chi connectivity index (χ0) is 12.3. The third-order valence-corrected chi connectivity index (χ3v) is 3.41. The average Bonchev–Trinajstić information content (AvgIpc) is 2.70. The van der Waals surface area contributed by atoms with E-state index in [1.807, 2.05) is 18.2 Å². The molecule has 1 heterocycles. The molecule has 0 fully saturated rings. The first-order valence-corrected chi connectivity index (χ1v) is 6.32. The summed E-state index contributed by atoms with van der Waals surface area (Å²) in [5.74, 6) is 0. The van der Waals surface area contributed by atoms with E-state index in [1.165, 1.54) is 11.3 Å². The van der Waals surface area contributed by atoms with Crippen molar-refractivity contribution in [2.24, 2.45) is 0 Å². The first-order chi connectivity index (χ1) is 8.26. The summed E-state index contributed by atoms with van der Waals surface area (Å²) in [7, 11) is 0. The summed E-state index contributed by atoms with van der Waals surface area (Å²) < 4.78 is 0. The van der Waals surface area contributed by atoms with Crippen LogP contribution in [-0.2, 0) is 6.42 Å². The predicted octanol–water partition coefficient (Wildman–Crippen LogP) is 3.22. The zero-order valence-electron chi connectivity index (χ0n) is 9.60. The monoisotopic (exact) mass is 243 g/mol. The van der Waals surface area contributed by atoms with Gasteiger partial charge in [0.2, 0.25) is 0 Å². The Morgan fingerprint density at radius 1 is 1.41 bits per heavy atom. The molecule has 4 heteroatoms. The molecule has 2 rings (SSSR count). The topological polar surface area (TPSA) is 62.7 Å². The van der Waals surface area contributed by atoms with Crippen LogP contribution in [0.15, 0.2) is 24.3 Å². The fraction of sp³-hybridized carbons (Fsp3) is 0.231. The lowest BCUT2D eigenvalue weighted by Crippen LogP contribution is -1.89. The van der Waals surface area contributed by atoms with E-state index in [0.29, 0.717) is 10.6 Å². The van der Waals surface area contributed by atoms with Crippen LogP contribution in [0.5, 0.6) is 0 Å². The van der Waals surface area contributed by atoms with Gasteiger partial charge in [-0.1, -0.05) is 25.1 Å². The lowest BCUT2D eigenvalue weighted by atomic mass is 10.1. The van der Waals surface area contributed by atoms with E-state index in [9.17, 15) is 0 Å². The van der Waals surface area contributed by atoms with Crippen LogP contribution in [0.25, 0.3) is 11.3 Å². The van der Waals surface area contributed by atoms with Gasteiger partial charge in [0.25, 0.3) is 0 Å². The summed E-state index contributed by atoms with van der Waals surface area (Å²) in [6.45, 7) is 2.11. The SMILES string of the molecule is CCCc1nc(-c2ccccc2C#N)c(N)s1. The van der Waals surface area contributed by atoms with Crippen LogP contribution < -0.4 is 5.73 Å². The van der Waals surface area contributed by atoms with Crippen molar-refractivity contribution in [1.29, 1.82) is 5.26 Å². The van der Waals surface area contributed by atoms with Gasteiger partial charge in [0.15, 0.2) is 0 Å². The Hall–Kier alpha value is -1.86. The second-order valence-electron chi connectivity index (χ2n) is 3.73. The second kappa shape index (κ2) is 4.98. The van der Waals surface area contributed by atoms with E-state index in [1.54, 1.807) is 6.07 Å². The van der Waals surface area contributed by atoms with Gasteiger partial charge in [-0.2, -0.15) is 5.26 Å². The molecule has 0 radical (unpaired) electrons. The molecule has 0 bridgehead atoms. The number of rotatable bonds is 3. The molecule has 0 spiro atoms. The van der Waals surface area contributed by atoms with Gasteiger partial charge in [-0.25, -0.2) is 4.98 Å². The van der Waals surface area contributed by atoms with Crippen molar-refractivity contribution < 1.29 is 0 Å². The summed E-state index contributed by atoms with van der Waals surface area (Å²) >= 11 is 1.51. The van der Waals surface area contributed by atoms with Gasteiger partial charge in [-0.05, 0) is 18.9 Å². The molecular weight excluding hydrogens is 230 g/mol. The Morgan fingerprint density at radius 3 is 2.88 bits per heavy atom. The highest BCUT2D eigenvalue weighted by Gasteiger charge is 2.13. The maximum atomic E-state index is 9.07. The highest BCUT2D eigenvalue weighted by molar-refractivity contribution is 7.16. The average molecular weight is 243 g/mol. The van der Waals surface area contributed by atoms with Crippen LogP contribution in [0.3, 0.4) is 0 Å². The third-order valence-electron chi connectivity index (χ3n) is 2.46. The number of nitriles is 1. The van der Waals surface area contributed by atoms with E-state index < -0.39 is 0 Å². The fourth-order valence-electron chi connectivity index (χ4n) is 1.68. The molecule has 0 atom stereocenters. The second-order valence-corrected chi connectivity index (χ2v) is 4.84. The van der Waals surface area contributed by atoms with Crippen molar-refractivity contribution in [2.75, 3.05) is 5.73 Å². The molecule has 0 amide bonds. The molecule has 0 aliphatic carbocycles. The molecule has 2 aromatic rings. The predicted molar refractivity (Wildman–Crippen MR) is 70.7 cm³/mol. The molecule has 0 aliphatic rings. The number of thiazole rings is 1. The normalized spacial score (nSPS) is 10.1. The van der Waals surface area contributed by atoms with E-state index in [-0.39, 0.29) is 0 Å². The van der Waals surface area contributed by atoms with Gasteiger partial charge in [0.05, 0.1) is 16.6 Å². The Morgan fingerprint density at radius 2 is 2.18 bits per heavy atom. The maximum absolute atomic E-state index is 9.07. The molecule has 2 N–H and O–H groups in total. The Bertz CT molecular complexity index is 566. The van der Waals surface area contributed by atoms with Crippen LogP contribution in [0, 0.1) is 11.3 Å². The molecule has 0 unspecified atom stereocenters. The smallest absolute Gasteiger partial charge is 0.114 e. The lowest BCUT2D eigenvalue weighted by Gasteiger charge is -2.00. The van der Waals surface area contributed by atoms with Crippen molar-refractivity contribution in [3.63, 3.8) is 0 Å². The van der Waals surface area contributed by atoms with Crippen molar-refractivity contribution in [2.45, 2.75) is 19.8 Å². The quantitative estimate of drug-likeness (QED) is 0.900. The summed E-state index contributed by atoms with van der Waals surface area (Å²) in [5, 5.41) is 10.8. The molecule has 3 nitrogen and oxygen atoms in total. The Kier molecular flexibility index (Phi) is 3.40. The molecule has 1 aromatic heterocycles. The summed E-state index contributed by atoms with van der Waals surface area (Å²) in [6.07, 6.45) is 1.98. The number of anilines is 1. The Balaban J connectivity index is 2.49. The molecule has 86 valence electrons. The highest BCUT2D eigenvalue weighted by Crippen LogP contribution is 2.32. The molecule has 1 aromatic carbocycles. The largest absolute Gasteiger partial charge is 0.389 e. The van der Waals surface area contributed by atoms with Crippen LogP contribution >= 0.6 is 11.3 Å². The van der Waals surface area contributed by atoms with Crippen LogP contribution in [0.2, 0.25) is 0 Å². The van der Waals surface area contributed by atoms with Crippen LogP contribution in [-0.4, -0.2) is 4.98 Å². The lowest BCUT2D eigenvalue weighted by molar-refractivity contribution is 0.910. The number of aromatic nitrogens is 1. The summed E-state index contributed by atoms with van der Waals surface area (Å²) in [4.78, 5) is 4.52. The number of nitrogens with two attached hydrogens (primary N) is 1. The summed E-state index contributed by atoms with van der Waals surface area (Å²) in [5.41, 5.74) is 8.16. The van der Waals surface area contributed by atoms with Crippen molar-refractivity contribution in [3.05, 3.63) is 34.8 Å². The number of nitrogens with zero attached hydrogens (tertiary/aromatic N) is 2. The van der Waals surface area contributed by atoms with Gasteiger partial charge < -0.3 is 5.73 Å². The van der Waals surface area contributed by atoms with Gasteiger partial charge in [-0.15, -0.1) is 11.3 Å². The van der Waals surface area contributed by atoms with Gasteiger partial charge >= 0.3 is 0 Å².